The molecule has 0 spiro atoms. The van der Waals surface area contributed by atoms with Gasteiger partial charge in [-0.25, -0.2) is 0 Å². The highest BCUT2D eigenvalue weighted by atomic mass is 32.1. The van der Waals surface area contributed by atoms with E-state index in [1.165, 1.54) is 0 Å². The summed E-state index contributed by atoms with van der Waals surface area (Å²) in [5, 5.41) is 10.1. The molecule has 6 heteroatoms. The zero-order valence-corrected chi connectivity index (χ0v) is 14.9. The van der Waals surface area contributed by atoms with Crippen LogP contribution in [0.3, 0.4) is 0 Å². The standard InChI is InChI=1S/C19H19N3O2S/c1-14(2)22(18(23)11-10-16-9-6-12-25-16)13-17-20-21-19(24-17)15-7-4-3-5-8-15/h3-12,14H,13H2,1-2H3/b11-10-. The van der Waals surface area contributed by atoms with Crippen LogP contribution in [0.2, 0.25) is 0 Å². The molecule has 2 heterocycles. The highest BCUT2D eigenvalue weighted by Crippen LogP contribution is 2.18. The fourth-order valence-electron chi connectivity index (χ4n) is 2.31. The van der Waals surface area contributed by atoms with Crippen molar-refractivity contribution in [1.82, 2.24) is 15.1 Å². The maximum Gasteiger partial charge on any atom is 0.247 e. The molecule has 0 N–H and O–H groups in total. The normalized spacial score (nSPS) is 11.3. The monoisotopic (exact) mass is 353 g/mol. The molecule has 0 saturated carbocycles. The lowest BCUT2D eigenvalue weighted by Gasteiger charge is -2.23. The average molecular weight is 353 g/mol. The topological polar surface area (TPSA) is 59.2 Å². The van der Waals surface area contributed by atoms with E-state index in [2.05, 4.69) is 10.2 Å². The van der Waals surface area contributed by atoms with Gasteiger partial charge in [-0.15, -0.1) is 21.5 Å². The van der Waals surface area contributed by atoms with Gasteiger partial charge in [-0.3, -0.25) is 4.79 Å². The van der Waals surface area contributed by atoms with Crippen LogP contribution in [0.1, 0.15) is 24.6 Å². The van der Waals surface area contributed by atoms with Gasteiger partial charge in [-0.1, -0.05) is 24.3 Å². The van der Waals surface area contributed by atoms with E-state index in [0.29, 0.717) is 11.8 Å². The van der Waals surface area contributed by atoms with Crippen molar-refractivity contribution < 1.29 is 9.21 Å². The Morgan fingerprint density at radius 2 is 2.00 bits per heavy atom. The van der Waals surface area contributed by atoms with Gasteiger partial charge >= 0.3 is 0 Å². The van der Waals surface area contributed by atoms with Crippen LogP contribution in [0.5, 0.6) is 0 Å². The quantitative estimate of drug-likeness (QED) is 0.622. The van der Waals surface area contributed by atoms with Crippen LogP contribution in [0.25, 0.3) is 17.5 Å². The summed E-state index contributed by atoms with van der Waals surface area (Å²) in [4.78, 5) is 15.3. The van der Waals surface area contributed by atoms with E-state index in [1.807, 2.05) is 67.8 Å². The van der Waals surface area contributed by atoms with Crippen molar-refractivity contribution in [3.05, 3.63) is 64.7 Å². The summed E-state index contributed by atoms with van der Waals surface area (Å²) in [6, 6.07) is 13.5. The zero-order valence-electron chi connectivity index (χ0n) is 14.1. The van der Waals surface area contributed by atoms with Crippen molar-refractivity contribution in [3.8, 4) is 11.5 Å². The summed E-state index contributed by atoms with van der Waals surface area (Å²) in [5.74, 6) is 0.800. The van der Waals surface area contributed by atoms with Gasteiger partial charge in [0.15, 0.2) is 0 Å². The van der Waals surface area contributed by atoms with Gasteiger partial charge in [0.2, 0.25) is 17.7 Å². The number of nitrogens with zero attached hydrogens (tertiary/aromatic N) is 3. The number of rotatable bonds is 6. The van der Waals surface area contributed by atoms with Crippen molar-refractivity contribution >= 4 is 23.3 Å². The van der Waals surface area contributed by atoms with Gasteiger partial charge in [-0.2, -0.15) is 0 Å². The van der Waals surface area contributed by atoms with Crippen LogP contribution in [0, 0.1) is 0 Å². The lowest BCUT2D eigenvalue weighted by atomic mass is 10.2. The molecule has 0 aliphatic carbocycles. The Morgan fingerprint density at radius 3 is 2.68 bits per heavy atom. The third-order valence-electron chi connectivity index (χ3n) is 3.63. The van der Waals surface area contributed by atoms with Crippen molar-refractivity contribution in [1.29, 1.82) is 0 Å². The zero-order chi connectivity index (χ0) is 17.6. The summed E-state index contributed by atoms with van der Waals surface area (Å²) in [5.41, 5.74) is 0.862. The number of thiophene rings is 1. The van der Waals surface area contributed by atoms with Crippen LogP contribution < -0.4 is 0 Å². The van der Waals surface area contributed by atoms with E-state index >= 15 is 0 Å². The minimum absolute atomic E-state index is 0.0209. The molecule has 1 aromatic carbocycles. The highest BCUT2D eigenvalue weighted by Gasteiger charge is 2.19. The number of carbonyl (C=O) groups is 1. The molecule has 1 amide bonds. The van der Waals surface area contributed by atoms with Crippen molar-refractivity contribution in [2.45, 2.75) is 26.4 Å². The van der Waals surface area contributed by atoms with Gasteiger partial charge in [-0.05, 0) is 43.5 Å². The Hall–Kier alpha value is -2.73. The molecule has 0 fully saturated rings. The second-order valence-electron chi connectivity index (χ2n) is 5.78. The number of hydrogen-bond acceptors (Lipinski definition) is 5. The Labute approximate surface area is 150 Å². The molecule has 2 aromatic heterocycles. The number of carbonyl (C=O) groups excluding carboxylic acids is 1. The predicted octanol–water partition coefficient (Wildman–Crippen LogP) is 4.25. The number of aromatic nitrogens is 2. The number of amides is 1. The molecular formula is C19H19N3O2S. The van der Waals surface area contributed by atoms with Crippen molar-refractivity contribution in [3.63, 3.8) is 0 Å². The molecule has 0 saturated heterocycles. The molecule has 3 rings (SSSR count). The third kappa shape index (κ3) is 4.42. The summed E-state index contributed by atoms with van der Waals surface area (Å²) < 4.78 is 5.71. The lowest BCUT2D eigenvalue weighted by molar-refractivity contribution is -0.128. The Balaban J connectivity index is 1.72. The first kappa shape index (κ1) is 17.1. The van der Waals surface area contributed by atoms with Crippen molar-refractivity contribution in [2.75, 3.05) is 0 Å². The SMILES string of the molecule is CC(C)N(Cc1nnc(-c2ccccc2)o1)C(=O)/C=C\c1cccs1. The molecule has 128 valence electrons. The predicted molar refractivity (Wildman–Crippen MR) is 98.8 cm³/mol. The van der Waals surface area contributed by atoms with Crippen LogP contribution in [-0.2, 0) is 11.3 Å². The summed E-state index contributed by atoms with van der Waals surface area (Å²) in [7, 11) is 0. The molecule has 0 bridgehead atoms. The molecule has 3 aromatic rings. The second-order valence-corrected chi connectivity index (χ2v) is 6.75. The Bertz CT molecular complexity index is 839. The van der Waals surface area contributed by atoms with Crippen LogP contribution in [0.4, 0.5) is 0 Å². The molecule has 25 heavy (non-hydrogen) atoms. The summed E-state index contributed by atoms with van der Waals surface area (Å²) in [6.07, 6.45) is 3.41. The van der Waals surface area contributed by atoms with E-state index < -0.39 is 0 Å². The Morgan fingerprint density at radius 1 is 1.20 bits per heavy atom. The minimum Gasteiger partial charge on any atom is -0.419 e. The van der Waals surface area contributed by atoms with Crippen LogP contribution in [0.15, 0.2) is 58.3 Å². The summed E-state index contributed by atoms with van der Waals surface area (Å²) >= 11 is 1.59. The molecule has 0 radical (unpaired) electrons. The second kappa shape index (κ2) is 7.90. The number of benzene rings is 1. The molecule has 5 nitrogen and oxygen atoms in total. The van der Waals surface area contributed by atoms with Gasteiger partial charge in [0.05, 0.1) is 6.54 Å². The summed E-state index contributed by atoms with van der Waals surface area (Å²) in [6.45, 7) is 4.21. The van der Waals surface area contributed by atoms with E-state index in [4.69, 9.17) is 4.42 Å². The fraction of sp³-hybridized carbons (Fsp3) is 0.211. The van der Waals surface area contributed by atoms with Crippen LogP contribution in [-0.4, -0.2) is 27.0 Å². The largest absolute Gasteiger partial charge is 0.419 e. The van der Waals surface area contributed by atoms with Crippen LogP contribution >= 0.6 is 11.3 Å². The van der Waals surface area contributed by atoms with E-state index in [0.717, 1.165) is 10.4 Å². The fourth-order valence-corrected chi connectivity index (χ4v) is 2.93. The van der Waals surface area contributed by atoms with E-state index in [1.54, 1.807) is 22.3 Å². The highest BCUT2D eigenvalue weighted by molar-refractivity contribution is 7.10. The lowest BCUT2D eigenvalue weighted by Crippen LogP contribution is -2.35. The molecule has 0 aliphatic rings. The smallest absolute Gasteiger partial charge is 0.247 e. The van der Waals surface area contributed by atoms with E-state index in [-0.39, 0.29) is 18.5 Å². The maximum absolute atomic E-state index is 12.5. The van der Waals surface area contributed by atoms with Gasteiger partial charge in [0.1, 0.15) is 0 Å². The van der Waals surface area contributed by atoms with Gasteiger partial charge in [0.25, 0.3) is 0 Å². The molecule has 0 aliphatic heterocycles. The van der Waals surface area contributed by atoms with Gasteiger partial charge < -0.3 is 9.32 Å². The van der Waals surface area contributed by atoms with Crippen molar-refractivity contribution in [2.24, 2.45) is 0 Å². The van der Waals surface area contributed by atoms with E-state index in [9.17, 15) is 4.79 Å². The first-order chi connectivity index (χ1) is 12.1. The van der Waals surface area contributed by atoms with Gasteiger partial charge in [0, 0.05) is 22.6 Å². The average Bonchev–Trinajstić information content (AvgIpc) is 3.30. The number of hydrogen-bond donors (Lipinski definition) is 0. The molecule has 0 unspecified atom stereocenters. The minimum atomic E-state index is -0.0807. The Kier molecular flexibility index (Phi) is 5.40. The molecule has 0 atom stereocenters. The maximum atomic E-state index is 12.5. The third-order valence-corrected chi connectivity index (χ3v) is 4.47. The first-order valence-corrected chi connectivity index (χ1v) is 8.91. The molecular weight excluding hydrogens is 334 g/mol. The first-order valence-electron chi connectivity index (χ1n) is 8.03.